The van der Waals surface area contributed by atoms with Crippen LogP contribution in [-0.4, -0.2) is 57.8 Å². The molecule has 0 aromatic rings. The molecule has 0 saturated carbocycles. The van der Waals surface area contributed by atoms with Gasteiger partial charge in [-0.15, -0.1) is 0 Å². The van der Waals surface area contributed by atoms with Crippen LogP contribution in [0.3, 0.4) is 0 Å². The topological polar surface area (TPSA) is 139 Å². The second kappa shape index (κ2) is 6.44. The number of carboxylic acids is 1. The van der Waals surface area contributed by atoms with Gasteiger partial charge in [0.05, 0.1) is 12.2 Å². The van der Waals surface area contributed by atoms with E-state index in [4.69, 9.17) is 21.3 Å². The molecule has 0 bridgehead atoms. The van der Waals surface area contributed by atoms with Crippen LogP contribution in [0.2, 0.25) is 0 Å². The van der Waals surface area contributed by atoms with Gasteiger partial charge in [0.25, 0.3) is 0 Å². The molecular weight excluding hydrogens is 240 g/mol. The quantitative estimate of drug-likeness (QED) is 0.388. The number of hydrogen-bond donors (Lipinski definition) is 5. The standard InChI is InChI=1S/C11H22N2O5/c1-5-9(14)10(15)8(18-5)4-6(12)2-3-7(13)11(16)17/h5-10,14-15H,2-4,12-13H2,1H3,(H,16,17)/t5?,6-,7-,8?,9+,10-/m1/s1. The highest BCUT2D eigenvalue weighted by Gasteiger charge is 2.40. The highest BCUT2D eigenvalue weighted by atomic mass is 16.5. The third-order valence-corrected chi connectivity index (χ3v) is 3.30. The first-order valence-electron chi connectivity index (χ1n) is 6.08. The van der Waals surface area contributed by atoms with Crippen molar-refractivity contribution in [3.63, 3.8) is 0 Å². The van der Waals surface area contributed by atoms with E-state index >= 15 is 0 Å². The Morgan fingerprint density at radius 2 is 1.89 bits per heavy atom. The van der Waals surface area contributed by atoms with Crippen LogP contribution in [0.5, 0.6) is 0 Å². The van der Waals surface area contributed by atoms with E-state index in [2.05, 4.69) is 0 Å². The normalized spacial score (nSPS) is 35.4. The Morgan fingerprint density at radius 1 is 1.28 bits per heavy atom. The third-order valence-electron chi connectivity index (χ3n) is 3.30. The average molecular weight is 262 g/mol. The fraction of sp³-hybridized carbons (Fsp3) is 0.909. The summed E-state index contributed by atoms with van der Waals surface area (Å²) in [6.07, 6.45) is -1.69. The van der Waals surface area contributed by atoms with E-state index in [9.17, 15) is 15.0 Å². The molecule has 1 aliphatic heterocycles. The van der Waals surface area contributed by atoms with Crippen LogP contribution >= 0.6 is 0 Å². The van der Waals surface area contributed by atoms with Crippen molar-refractivity contribution in [1.29, 1.82) is 0 Å². The Morgan fingerprint density at radius 3 is 2.33 bits per heavy atom. The molecule has 0 aromatic carbocycles. The van der Waals surface area contributed by atoms with Crippen molar-refractivity contribution >= 4 is 5.97 Å². The summed E-state index contributed by atoms with van der Waals surface area (Å²) in [5, 5.41) is 27.8. The minimum atomic E-state index is -1.05. The maximum atomic E-state index is 10.5. The number of aliphatic hydroxyl groups is 2. The number of aliphatic carboxylic acids is 1. The van der Waals surface area contributed by atoms with Gasteiger partial charge < -0.3 is 31.5 Å². The maximum Gasteiger partial charge on any atom is 0.320 e. The molecule has 0 aromatic heterocycles. The number of hydrogen-bond acceptors (Lipinski definition) is 6. The first-order chi connectivity index (χ1) is 8.32. The van der Waals surface area contributed by atoms with Crippen molar-refractivity contribution in [1.82, 2.24) is 0 Å². The van der Waals surface area contributed by atoms with E-state index in [0.717, 1.165) is 0 Å². The third kappa shape index (κ3) is 3.89. The molecule has 0 amide bonds. The summed E-state index contributed by atoms with van der Waals surface area (Å²) in [4.78, 5) is 10.5. The van der Waals surface area contributed by atoms with Gasteiger partial charge in [-0.2, -0.15) is 0 Å². The van der Waals surface area contributed by atoms with Crippen molar-refractivity contribution in [3.05, 3.63) is 0 Å². The van der Waals surface area contributed by atoms with Gasteiger partial charge in [-0.1, -0.05) is 0 Å². The number of carbonyl (C=O) groups is 1. The van der Waals surface area contributed by atoms with E-state index < -0.39 is 36.4 Å². The highest BCUT2D eigenvalue weighted by molar-refractivity contribution is 5.72. The molecule has 106 valence electrons. The largest absolute Gasteiger partial charge is 0.480 e. The smallest absolute Gasteiger partial charge is 0.320 e. The minimum Gasteiger partial charge on any atom is -0.480 e. The van der Waals surface area contributed by atoms with E-state index in [-0.39, 0.29) is 12.5 Å². The lowest BCUT2D eigenvalue weighted by molar-refractivity contribution is -0.138. The Labute approximate surface area is 106 Å². The molecular formula is C11H22N2O5. The van der Waals surface area contributed by atoms with Gasteiger partial charge in [0.1, 0.15) is 18.2 Å². The number of carboxylic acid groups (broad SMARTS) is 1. The number of ether oxygens (including phenoxy) is 1. The van der Waals surface area contributed by atoms with Crippen LogP contribution in [0, 0.1) is 0 Å². The van der Waals surface area contributed by atoms with Crippen LogP contribution in [0.1, 0.15) is 26.2 Å². The Bertz CT molecular complexity index is 289. The molecule has 1 fully saturated rings. The predicted octanol–water partition coefficient (Wildman–Crippen LogP) is -1.59. The number of aliphatic hydroxyl groups excluding tert-OH is 2. The molecule has 0 aliphatic carbocycles. The number of nitrogens with two attached hydrogens (primary N) is 2. The van der Waals surface area contributed by atoms with Gasteiger partial charge in [0, 0.05) is 6.04 Å². The summed E-state index contributed by atoms with van der Waals surface area (Å²) in [5.41, 5.74) is 11.2. The second-order valence-corrected chi connectivity index (χ2v) is 4.88. The van der Waals surface area contributed by atoms with Crippen molar-refractivity contribution in [2.24, 2.45) is 11.5 Å². The molecule has 7 N–H and O–H groups in total. The van der Waals surface area contributed by atoms with Crippen LogP contribution in [0.4, 0.5) is 0 Å². The fourth-order valence-corrected chi connectivity index (χ4v) is 2.06. The van der Waals surface area contributed by atoms with Crippen molar-refractivity contribution < 1.29 is 24.9 Å². The van der Waals surface area contributed by atoms with Crippen LogP contribution in [0.15, 0.2) is 0 Å². The highest BCUT2D eigenvalue weighted by Crippen LogP contribution is 2.24. The molecule has 0 spiro atoms. The Balaban J connectivity index is 2.32. The molecule has 1 heterocycles. The summed E-state index contributed by atoms with van der Waals surface area (Å²) < 4.78 is 5.38. The number of rotatable bonds is 6. The molecule has 18 heavy (non-hydrogen) atoms. The molecule has 1 saturated heterocycles. The van der Waals surface area contributed by atoms with Crippen LogP contribution < -0.4 is 11.5 Å². The summed E-state index contributed by atoms with van der Waals surface area (Å²) >= 11 is 0. The molecule has 7 heteroatoms. The molecule has 1 rings (SSSR count). The molecule has 6 atom stereocenters. The van der Waals surface area contributed by atoms with Gasteiger partial charge in [0.2, 0.25) is 0 Å². The predicted molar refractivity (Wildman–Crippen MR) is 63.8 cm³/mol. The summed E-state index contributed by atoms with van der Waals surface area (Å²) in [7, 11) is 0. The molecule has 1 aliphatic rings. The average Bonchev–Trinajstić information content (AvgIpc) is 2.54. The lowest BCUT2D eigenvalue weighted by Gasteiger charge is -2.19. The fourth-order valence-electron chi connectivity index (χ4n) is 2.06. The van der Waals surface area contributed by atoms with E-state index in [0.29, 0.717) is 12.8 Å². The van der Waals surface area contributed by atoms with Gasteiger partial charge >= 0.3 is 5.97 Å². The van der Waals surface area contributed by atoms with E-state index in [1.807, 2.05) is 0 Å². The van der Waals surface area contributed by atoms with Gasteiger partial charge in [0.15, 0.2) is 0 Å². The first-order valence-corrected chi connectivity index (χ1v) is 6.08. The SMILES string of the molecule is CC1OC(C[C@H](N)CC[C@@H](N)C(=O)O)[C@@H](O)[C@H]1O. The van der Waals surface area contributed by atoms with Gasteiger partial charge in [-0.3, -0.25) is 4.79 Å². The van der Waals surface area contributed by atoms with Crippen molar-refractivity contribution in [3.8, 4) is 0 Å². The molecule has 7 nitrogen and oxygen atoms in total. The Hall–Kier alpha value is -0.730. The molecule has 0 radical (unpaired) electrons. The summed E-state index contributed by atoms with van der Waals surface area (Å²) in [5.74, 6) is -1.05. The monoisotopic (exact) mass is 262 g/mol. The Kier molecular flexibility index (Phi) is 5.48. The van der Waals surface area contributed by atoms with Crippen LogP contribution in [-0.2, 0) is 9.53 Å². The van der Waals surface area contributed by atoms with Crippen molar-refractivity contribution in [2.75, 3.05) is 0 Å². The zero-order chi connectivity index (χ0) is 13.9. The molecule has 2 unspecified atom stereocenters. The first kappa shape index (κ1) is 15.3. The zero-order valence-electron chi connectivity index (χ0n) is 10.4. The second-order valence-electron chi connectivity index (χ2n) is 4.88. The van der Waals surface area contributed by atoms with Crippen molar-refractivity contribution in [2.45, 2.75) is 62.7 Å². The van der Waals surface area contributed by atoms with Gasteiger partial charge in [-0.05, 0) is 26.2 Å². The lowest BCUT2D eigenvalue weighted by atomic mass is 9.98. The van der Waals surface area contributed by atoms with Gasteiger partial charge in [-0.25, -0.2) is 0 Å². The van der Waals surface area contributed by atoms with E-state index in [1.165, 1.54) is 0 Å². The summed E-state index contributed by atoms with van der Waals surface area (Å²) in [6.45, 7) is 1.68. The lowest BCUT2D eigenvalue weighted by Crippen LogP contribution is -2.37. The van der Waals surface area contributed by atoms with Crippen LogP contribution in [0.25, 0.3) is 0 Å². The minimum absolute atomic E-state index is 0.275. The maximum absolute atomic E-state index is 10.5. The summed E-state index contributed by atoms with van der Waals surface area (Å²) in [6, 6.07) is -1.23. The zero-order valence-corrected chi connectivity index (χ0v) is 10.4. The van der Waals surface area contributed by atoms with E-state index in [1.54, 1.807) is 6.92 Å².